The lowest BCUT2D eigenvalue weighted by Gasteiger charge is -2.11. The van der Waals surface area contributed by atoms with Gasteiger partial charge in [0.2, 0.25) is 0 Å². The number of aromatic nitrogens is 2. The molecule has 0 spiro atoms. The highest BCUT2D eigenvalue weighted by atomic mass is 33.1. The minimum atomic E-state index is 0.775. The molecule has 0 aromatic carbocycles. The molecule has 13 heavy (non-hydrogen) atoms. The van der Waals surface area contributed by atoms with Crippen LogP contribution in [0, 0.1) is 0 Å². The van der Waals surface area contributed by atoms with Crippen molar-refractivity contribution in [2.75, 3.05) is 0 Å². The van der Waals surface area contributed by atoms with Crippen LogP contribution in [0.2, 0.25) is 0 Å². The summed E-state index contributed by atoms with van der Waals surface area (Å²) in [6, 6.07) is 0. The standard InChI is InChI=1S/C9H16N2S2/c1-3-5-9(4-2)12-13-11-7-6-10-8-11/h6-9H,3-5H2,1-2H3. The van der Waals surface area contributed by atoms with Gasteiger partial charge in [0.25, 0.3) is 0 Å². The third kappa shape index (κ3) is 4.09. The second-order valence-electron chi connectivity index (χ2n) is 2.91. The van der Waals surface area contributed by atoms with E-state index in [2.05, 4.69) is 18.8 Å². The lowest BCUT2D eigenvalue weighted by Crippen LogP contribution is -1.98. The molecule has 1 rings (SSSR count). The van der Waals surface area contributed by atoms with Crippen LogP contribution in [0.5, 0.6) is 0 Å². The molecule has 1 atom stereocenters. The van der Waals surface area contributed by atoms with E-state index in [9.17, 15) is 0 Å². The smallest absolute Gasteiger partial charge is 0.105 e. The third-order valence-electron chi connectivity index (χ3n) is 1.81. The van der Waals surface area contributed by atoms with Crippen LogP contribution in [0.15, 0.2) is 18.7 Å². The zero-order valence-corrected chi connectivity index (χ0v) is 9.77. The fourth-order valence-corrected chi connectivity index (χ4v) is 3.55. The normalized spacial score (nSPS) is 13.1. The van der Waals surface area contributed by atoms with Crippen LogP contribution in [0.1, 0.15) is 33.1 Å². The molecule has 0 bridgehead atoms. The van der Waals surface area contributed by atoms with Crippen LogP contribution in [0.4, 0.5) is 0 Å². The molecule has 1 unspecified atom stereocenters. The molecule has 1 heterocycles. The van der Waals surface area contributed by atoms with Crippen LogP contribution in [0.25, 0.3) is 0 Å². The van der Waals surface area contributed by atoms with E-state index >= 15 is 0 Å². The van der Waals surface area contributed by atoms with E-state index < -0.39 is 0 Å². The van der Waals surface area contributed by atoms with Gasteiger partial charge in [-0.2, -0.15) is 0 Å². The SMILES string of the molecule is CCCC(CC)SSn1ccnc1. The van der Waals surface area contributed by atoms with E-state index in [0.717, 1.165) is 5.25 Å². The van der Waals surface area contributed by atoms with Gasteiger partial charge in [-0.05, 0) is 12.8 Å². The van der Waals surface area contributed by atoms with Crippen molar-refractivity contribution in [3.8, 4) is 0 Å². The summed E-state index contributed by atoms with van der Waals surface area (Å²) in [5.41, 5.74) is 0. The average Bonchev–Trinajstić information content (AvgIpc) is 2.64. The van der Waals surface area contributed by atoms with E-state index in [0.29, 0.717) is 0 Å². The first-order valence-electron chi connectivity index (χ1n) is 4.68. The summed E-state index contributed by atoms with van der Waals surface area (Å²) < 4.78 is 2.04. The number of imidazole rings is 1. The highest BCUT2D eigenvalue weighted by molar-refractivity contribution is 8.76. The van der Waals surface area contributed by atoms with Crippen molar-refractivity contribution in [3.05, 3.63) is 18.7 Å². The van der Waals surface area contributed by atoms with E-state index in [1.165, 1.54) is 19.3 Å². The van der Waals surface area contributed by atoms with Gasteiger partial charge in [0, 0.05) is 28.6 Å². The van der Waals surface area contributed by atoms with Gasteiger partial charge in [-0.25, -0.2) is 4.98 Å². The molecular formula is C9H16N2S2. The van der Waals surface area contributed by atoms with Gasteiger partial charge < -0.3 is 0 Å². The van der Waals surface area contributed by atoms with Gasteiger partial charge in [-0.15, -0.1) is 0 Å². The Balaban J connectivity index is 2.23. The Labute approximate surface area is 88.0 Å². The average molecular weight is 216 g/mol. The van der Waals surface area contributed by atoms with Crippen molar-refractivity contribution in [2.45, 2.75) is 38.4 Å². The first-order valence-corrected chi connectivity index (χ1v) is 6.85. The second-order valence-corrected chi connectivity index (χ2v) is 5.37. The molecule has 1 aromatic heterocycles. The Morgan fingerprint density at radius 2 is 2.31 bits per heavy atom. The number of nitrogens with zero attached hydrogens (tertiary/aromatic N) is 2. The Bertz CT molecular complexity index is 211. The molecule has 0 N–H and O–H groups in total. The monoisotopic (exact) mass is 216 g/mol. The van der Waals surface area contributed by atoms with Crippen LogP contribution < -0.4 is 0 Å². The molecule has 0 amide bonds. The third-order valence-corrected chi connectivity index (χ3v) is 4.72. The molecule has 2 nitrogen and oxygen atoms in total. The van der Waals surface area contributed by atoms with E-state index in [1.54, 1.807) is 11.0 Å². The summed E-state index contributed by atoms with van der Waals surface area (Å²) in [7, 11) is 3.71. The van der Waals surface area contributed by atoms with Gasteiger partial charge in [0.15, 0.2) is 0 Å². The van der Waals surface area contributed by atoms with Crippen LogP contribution >= 0.6 is 21.8 Å². The predicted octanol–water partition coefficient (Wildman–Crippen LogP) is 3.61. The minimum Gasteiger partial charge on any atom is -0.271 e. The first-order chi connectivity index (χ1) is 6.36. The number of hydrogen-bond acceptors (Lipinski definition) is 3. The van der Waals surface area contributed by atoms with Crippen molar-refractivity contribution in [1.29, 1.82) is 0 Å². The lowest BCUT2D eigenvalue weighted by atomic mass is 10.2. The summed E-state index contributed by atoms with van der Waals surface area (Å²) in [6.45, 7) is 4.49. The maximum absolute atomic E-state index is 4.00. The van der Waals surface area contributed by atoms with Crippen LogP contribution in [-0.2, 0) is 0 Å². The van der Waals surface area contributed by atoms with Crippen LogP contribution in [-0.4, -0.2) is 14.2 Å². The largest absolute Gasteiger partial charge is 0.271 e. The van der Waals surface area contributed by atoms with Gasteiger partial charge >= 0.3 is 0 Å². The summed E-state index contributed by atoms with van der Waals surface area (Å²) in [5, 5.41) is 0.775. The molecule has 0 saturated heterocycles. The second kappa shape index (κ2) is 6.38. The van der Waals surface area contributed by atoms with Crippen molar-refractivity contribution in [1.82, 2.24) is 8.96 Å². The minimum absolute atomic E-state index is 0.775. The number of rotatable bonds is 6. The lowest BCUT2D eigenvalue weighted by molar-refractivity contribution is 0.723. The fraction of sp³-hybridized carbons (Fsp3) is 0.667. The van der Waals surface area contributed by atoms with Crippen molar-refractivity contribution in [2.24, 2.45) is 0 Å². The molecule has 74 valence electrons. The van der Waals surface area contributed by atoms with E-state index in [1.807, 2.05) is 33.5 Å². The molecule has 0 saturated carbocycles. The Morgan fingerprint density at radius 1 is 1.46 bits per heavy atom. The topological polar surface area (TPSA) is 17.8 Å². The summed E-state index contributed by atoms with van der Waals surface area (Å²) in [5.74, 6) is 0. The molecule has 4 heteroatoms. The highest BCUT2D eigenvalue weighted by Crippen LogP contribution is 2.32. The van der Waals surface area contributed by atoms with Crippen molar-refractivity contribution < 1.29 is 0 Å². The van der Waals surface area contributed by atoms with E-state index in [4.69, 9.17) is 0 Å². The molecule has 0 radical (unpaired) electrons. The van der Waals surface area contributed by atoms with Gasteiger partial charge in [-0.1, -0.05) is 31.1 Å². The summed E-state index contributed by atoms with van der Waals surface area (Å²) >= 11 is 0. The first kappa shape index (κ1) is 11.0. The Kier molecular flexibility index (Phi) is 5.39. The molecule has 0 aliphatic carbocycles. The van der Waals surface area contributed by atoms with Gasteiger partial charge in [0.1, 0.15) is 6.33 Å². The molecule has 1 aromatic rings. The number of hydrogen-bond donors (Lipinski definition) is 0. The van der Waals surface area contributed by atoms with E-state index in [-0.39, 0.29) is 0 Å². The van der Waals surface area contributed by atoms with Crippen molar-refractivity contribution in [3.63, 3.8) is 0 Å². The summed E-state index contributed by atoms with van der Waals surface area (Å²) in [4.78, 5) is 4.00. The van der Waals surface area contributed by atoms with Crippen molar-refractivity contribution >= 4 is 21.8 Å². The maximum Gasteiger partial charge on any atom is 0.105 e. The molecule has 0 aliphatic heterocycles. The predicted molar refractivity (Wildman–Crippen MR) is 61.8 cm³/mol. The fourth-order valence-electron chi connectivity index (χ4n) is 1.04. The quantitative estimate of drug-likeness (QED) is 0.677. The zero-order chi connectivity index (χ0) is 9.52. The molecule has 0 aliphatic rings. The zero-order valence-electron chi connectivity index (χ0n) is 8.14. The highest BCUT2D eigenvalue weighted by Gasteiger charge is 2.06. The maximum atomic E-state index is 4.00. The van der Waals surface area contributed by atoms with Gasteiger partial charge in [-0.3, -0.25) is 3.97 Å². The Morgan fingerprint density at radius 3 is 2.85 bits per heavy atom. The summed E-state index contributed by atoms with van der Waals surface area (Å²) in [6.07, 6.45) is 9.47. The molecular weight excluding hydrogens is 200 g/mol. The van der Waals surface area contributed by atoms with Gasteiger partial charge in [0.05, 0.1) is 0 Å². The Hall–Kier alpha value is -0.0900. The van der Waals surface area contributed by atoms with Crippen LogP contribution in [0.3, 0.4) is 0 Å². The molecule has 0 fully saturated rings.